The molecule has 3 amide bonds. The summed E-state index contributed by atoms with van der Waals surface area (Å²) < 4.78 is 10.7. The Balaban J connectivity index is 1.81. The minimum Gasteiger partial charge on any atom is -0.444 e. The van der Waals surface area contributed by atoms with Crippen LogP contribution in [0.25, 0.3) is 0 Å². The van der Waals surface area contributed by atoms with E-state index in [2.05, 4.69) is 0 Å². The number of ether oxygens (including phenoxy) is 2. The van der Waals surface area contributed by atoms with E-state index in [-0.39, 0.29) is 18.2 Å². The van der Waals surface area contributed by atoms with E-state index < -0.39 is 5.60 Å². The van der Waals surface area contributed by atoms with Crippen LogP contribution in [0.3, 0.4) is 0 Å². The van der Waals surface area contributed by atoms with Gasteiger partial charge in [0.25, 0.3) is 0 Å². The Morgan fingerprint density at radius 1 is 1.04 bits per heavy atom. The Morgan fingerprint density at radius 3 is 2.13 bits per heavy atom. The van der Waals surface area contributed by atoms with E-state index in [1.807, 2.05) is 37.6 Å². The second kappa shape index (κ2) is 7.38. The summed E-state index contributed by atoms with van der Waals surface area (Å²) in [4.78, 5) is 29.9. The lowest BCUT2D eigenvalue weighted by molar-refractivity contribution is 0.0143. The van der Waals surface area contributed by atoms with Gasteiger partial charge in [-0.3, -0.25) is 0 Å². The predicted molar refractivity (Wildman–Crippen MR) is 86.4 cm³/mol. The third-order valence-corrected chi connectivity index (χ3v) is 4.25. The van der Waals surface area contributed by atoms with Crippen molar-refractivity contribution in [3.8, 4) is 0 Å². The lowest BCUT2D eigenvalue weighted by Gasteiger charge is -2.39. The van der Waals surface area contributed by atoms with Crippen LogP contribution in [-0.4, -0.2) is 84.9 Å². The first-order chi connectivity index (χ1) is 10.8. The van der Waals surface area contributed by atoms with Crippen molar-refractivity contribution in [1.29, 1.82) is 0 Å². The fraction of sp³-hybridized carbons (Fsp3) is 0.875. The average Bonchev–Trinajstić information content (AvgIpc) is 2.53. The molecule has 7 heteroatoms. The van der Waals surface area contributed by atoms with Gasteiger partial charge in [-0.1, -0.05) is 0 Å². The number of morpholine rings is 1. The number of carbonyl (C=O) groups is 2. The molecule has 0 unspecified atom stereocenters. The lowest BCUT2D eigenvalue weighted by atomic mass is 10.0. The molecule has 0 N–H and O–H groups in total. The minimum absolute atomic E-state index is 0.0593. The van der Waals surface area contributed by atoms with E-state index in [1.165, 1.54) is 0 Å². The summed E-state index contributed by atoms with van der Waals surface area (Å²) in [5, 5.41) is 0. The Labute approximate surface area is 138 Å². The molecule has 0 aromatic heterocycles. The summed E-state index contributed by atoms with van der Waals surface area (Å²) in [7, 11) is 1.85. The van der Waals surface area contributed by atoms with E-state index in [0.29, 0.717) is 39.4 Å². The van der Waals surface area contributed by atoms with E-state index in [4.69, 9.17) is 9.47 Å². The highest BCUT2D eigenvalue weighted by molar-refractivity contribution is 5.74. The smallest absolute Gasteiger partial charge is 0.410 e. The van der Waals surface area contributed by atoms with Crippen LogP contribution in [0, 0.1) is 0 Å². The second-order valence-corrected chi connectivity index (χ2v) is 7.19. The lowest BCUT2D eigenvalue weighted by Crippen LogP contribution is -2.53. The van der Waals surface area contributed by atoms with Crippen molar-refractivity contribution >= 4 is 12.1 Å². The van der Waals surface area contributed by atoms with Crippen LogP contribution in [0.4, 0.5) is 9.59 Å². The van der Waals surface area contributed by atoms with Gasteiger partial charge in [-0.2, -0.15) is 0 Å². The number of hydrogen-bond donors (Lipinski definition) is 0. The highest BCUT2D eigenvalue weighted by Crippen LogP contribution is 2.19. The van der Waals surface area contributed by atoms with Crippen molar-refractivity contribution in [2.45, 2.75) is 45.3 Å². The predicted octanol–water partition coefficient (Wildman–Crippen LogP) is 1.77. The highest BCUT2D eigenvalue weighted by atomic mass is 16.6. The number of carbonyl (C=O) groups excluding carboxylic acids is 2. The standard InChI is InChI=1S/C16H29N3O4/c1-16(2,3)23-15(21)19-7-5-13(6-8-19)17(4)14(20)18-9-11-22-12-10-18/h13H,5-12H2,1-4H3. The number of hydrogen-bond acceptors (Lipinski definition) is 4. The minimum atomic E-state index is -0.475. The topological polar surface area (TPSA) is 62.3 Å². The number of urea groups is 1. The van der Waals surface area contributed by atoms with Gasteiger partial charge < -0.3 is 24.2 Å². The summed E-state index contributed by atoms with van der Waals surface area (Å²) in [5.74, 6) is 0. The van der Waals surface area contributed by atoms with Crippen LogP contribution in [0.15, 0.2) is 0 Å². The molecule has 2 fully saturated rings. The summed E-state index contributed by atoms with van der Waals surface area (Å²) in [6, 6.07) is 0.230. The summed E-state index contributed by atoms with van der Waals surface area (Å²) in [6.07, 6.45) is 1.30. The van der Waals surface area contributed by atoms with Gasteiger partial charge in [0, 0.05) is 39.3 Å². The van der Waals surface area contributed by atoms with Gasteiger partial charge in [-0.05, 0) is 33.6 Å². The SMILES string of the molecule is CN(C(=O)N1CCOCC1)C1CCN(C(=O)OC(C)(C)C)CC1. The molecule has 0 spiro atoms. The first kappa shape index (κ1) is 17.8. The maximum Gasteiger partial charge on any atom is 0.410 e. The Morgan fingerprint density at radius 2 is 1.61 bits per heavy atom. The number of rotatable bonds is 1. The van der Waals surface area contributed by atoms with Gasteiger partial charge in [0.2, 0.25) is 0 Å². The molecule has 7 nitrogen and oxygen atoms in total. The van der Waals surface area contributed by atoms with Crippen molar-refractivity contribution in [2.75, 3.05) is 46.4 Å². The first-order valence-corrected chi connectivity index (χ1v) is 8.35. The van der Waals surface area contributed by atoms with Crippen molar-refractivity contribution in [3.05, 3.63) is 0 Å². The first-order valence-electron chi connectivity index (χ1n) is 8.35. The molecule has 2 aliphatic rings. The molecule has 0 radical (unpaired) electrons. The highest BCUT2D eigenvalue weighted by Gasteiger charge is 2.31. The van der Waals surface area contributed by atoms with Gasteiger partial charge >= 0.3 is 12.1 Å². The zero-order valence-corrected chi connectivity index (χ0v) is 14.7. The average molecular weight is 327 g/mol. The summed E-state index contributed by atoms with van der Waals surface area (Å²) >= 11 is 0. The van der Waals surface area contributed by atoms with Gasteiger partial charge in [0.05, 0.1) is 13.2 Å². The van der Waals surface area contributed by atoms with Crippen LogP contribution in [0.5, 0.6) is 0 Å². The number of nitrogens with zero attached hydrogens (tertiary/aromatic N) is 3. The zero-order chi connectivity index (χ0) is 17.0. The quantitative estimate of drug-likeness (QED) is 0.736. The molecule has 0 atom stereocenters. The van der Waals surface area contributed by atoms with E-state index in [1.54, 1.807) is 4.90 Å². The van der Waals surface area contributed by atoms with Crippen molar-refractivity contribution < 1.29 is 19.1 Å². The Kier molecular flexibility index (Phi) is 5.73. The zero-order valence-electron chi connectivity index (χ0n) is 14.7. The molecule has 0 saturated carbocycles. The summed E-state index contributed by atoms with van der Waals surface area (Å²) in [6.45, 7) is 9.37. The number of amides is 3. The number of likely N-dealkylation sites (tertiary alicyclic amines) is 1. The van der Waals surface area contributed by atoms with Gasteiger partial charge in [-0.15, -0.1) is 0 Å². The van der Waals surface area contributed by atoms with Crippen LogP contribution >= 0.6 is 0 Å². The summed E-state index contributed by atoms with van der Waals surface area (Å²) in [5.41, 5.74) is -0.475. The van der Waals surface area contributed by atoms with E-state index in [0.717, 1.165) is 12.8 Å². The molecule has 132 valence electrons. The molecular weight excluding hydrogens is 298 g/mol. The van der Waals surface area contributed by atoms with Crippen molar-refractivity contribution in [3.63, 3.8) is 0 Å². The van der Waals surface area contributed by atoms with Crippen LogP contribution in [0.2, 0.25) is 0 Å². The molecule has 2 saturated heterocycles. The molecule has 2 aliphatic heterocycles. The van der Waals surface area contributed by atoms with Crippen LogP contribution in [-0.2, 0) is 9.47 Å². The number of piperidine rings is 1. The normalized spacial score (nSPS) is 20.3. The maximum atomic E-state index is 12.5. The molecule has 2 heterocycles. The Bertz CT molecular complexity index is 422. The van der Waals surface area contributed by atoms with Gasteiger partial charge in [-0.25, -0.2) is 9.59 Å². The van der Waals surface area contributed by atoms with Gasteiger partial charge in [0.15, 0.2) is 0 Å². The largest absolute Gasteiger partial charge is 0.444 e. The molecule has 0 aromatic carbocycles. The fourth-order valence-electron chi connectivity index (χ4n) is 2.90. The van der Waals surface area contributed by atoms with Gasteiger partial charge in [0.1, 0.15) is 5.60 Å². The van der Waals surface area contributed by atoms with E-state index in [9.17, 15) is 9.59 Å². The third kappa shape index (κ3) is 4.99. The monoisotopic (exact) mass is 327 g/mol. The molecule has 0 aromatic rings. The molecule has 0 bridgehead atoms. The van der Waals surface area contributed by atoms with Crippen LogP contribution < -0.4 is 0 Å². The molecule has 2 rings (SSSR count). The molecular formula is C16H29N3O4. The third-order valence-electron chi connectivity index (χ3n) is 4.25. The second-order valence-electron chi connectivity index (χ2n) is 7.19. The molecule has 23 heavy (non-hydrogen) atoms. The van der Waals surface area contributed by atoms with Crippen molar-refractivity contribution in [2.24, 2.45) is 0 Å². The fourth-order valence-corrected chi connectivity index (χ4v) is 2.90. The van der Waals surface area contributed by atoms with E-state index >= 15 is 0 Å². The Hall–Kier alpha value is -1.50. The molecule has 0 aliphatic carbocycles. The van der Waals surface area contributed by atoms with Crippen molar-refractivity contribution in [1.82, 2.24) is 14.7 Å². The van der Waals surface area contributed by atoms with Crippen LogP contribution in [0.1, 0.15) is 33.6 Å². The maximum absolute atomic E-state index is 12.5.